The smallest absolute Gasteiger partial charge is 0.0928 e. The summed E-state index contributed by atoms with van der Waals surface area (Å²) in [5, 5.41) is 3.37. The Morgan fingerprint density at radius 2 is 1.82 bits per heavy atom. The Hall–Kier alpha value is -0.120. The van der Waals surface area contributed by atoms with Gasteiger partial charge in [-0.1, -0.05) is 19.3 Å². The second-order valence-electron chi connectivity index (χ2n) is 5.87. The summed E-state index contributed by atoms with van der Waals surface area (Å²) in [5.74, 6) is 0. The quantitative estimate of drug-likeness (QED) is 0.817. The third-order valence-electron chi connectivity index (χ3n) is 4.48. The van der Waals surface area contributed by atoms with Crippen molar-refractivity contribution in [3.05, 3.63) is 0 Å². The van der Waals surface area contributed by atoms with Crippen molar-refractivity contribution in [2.24, 2.45) is 0 Å². The molecule has 2 saturated heterocycles. The Bertz CT molecular complexity index is 220. The van der Waals surface area contributed by atoms with Gasteiger partial charge in [0.2, 0.25) is 0 Å². The van der Waals surface area contributed by atoms with Crippen molar-refractivity contribution >= 4 is 0 Å². The van der Waals surface area contributed by atoms with E-state index in [9.17, 15) is 5.73 Å². The number of likely N-dealkylation sites (tertiary alicyclic amines) is 1. The average molecular weight is 237 g/mol. The molecule has 2 rings (SSSR count). The van der Waals surface area contributed by atoms with Crippen LogP contribution >= 0.6 is 0 Å². The summed E-state index contributed by atoms with van der Waals surface area (Å²) in [6, 6.07) is 1.33. The highest BCUT2D eigenvalue weighted by atomic mass is 15.1. The van der Waals surface area contributed by atoms with Crippen LogP contribution in [0, 0.1) is 0 Å². The van der Waals surface area contributed by atoms with Crippen LogP contribution in [0.2, 0.25) is 0 Å². The van der Waals surface area contributed by atoms with Crippen LogP contribution in [0.3, 0.4) is 0 Å². The third-order valence-corrected chi connectivity index (χ3v) is 4.48. The molecule has 0 aliphatic carbocycles. The molecule has 2 aliphatic heterocycles. The van der Waals surface area contributed by atoms with Gasteiger partial charge in [-0.3, -0.25) is 5.32 Å². The van der Waals surface area contributed by atoms with Gasteiger partial charge in [-0.05, 0) is 52.1 Å². The Kier molecular flexibility index (Phi) is 5.26. The molecule has 2 aliphatic rings. The lowest BCUT2D eigenvalue weighted by atomic mass is 9.95. The van der Waals surface area contributed by atoms with Gasteiger partial charge < -0.3 is 4.90 Å². The molecule has 2 fully saturated rings. The van der Waals surface area contributed by atoms with Crippen LogP contribution in [0.5, 0.6) is 0 Å². The first-order valence-electron chi connectivity index (χ1n) is 7.40. The standard InChI is InChI=1S/C14H27N3/c1-17-11-5-4-7-13(17)10-9-12-6-2-3-8-14(15)16-12/h12-14,16H,2-11H2,1H3. The van der Waals surface area contributed by atoms with E-state index in [1.54, 1.807) is 0 Å². The monoisotopic (exact) mass is 237 g/mol. The first kappa shape index (κ1) is 13.3. The van der Waals surface area contributed by atoms with Gasteiger partial charge in [-0.2, -0.15) is 0 Å². The van der Waals surface area contributed by atoms with Gasteiger partial charge in [0.1, 0.15) is 0 Å². The number of hydrogen-bond donors (Lipinski definition) is 1. The molecule has 0 aromatic carbocycles. The number of hydrogen-bond acceptors (Lipinski definition) is 2. The minimum absolute atomic E-state index is 0.258. The summed E-state index contributed by atoms with van der Waals surface area (Å²) >= 11 is 0. The van der Waals surface area contributed by atoms with Crippen molar-refractivity contribution < 1.29 is 0 Å². The van der Waals surface area contributed by atoms with Gasteiger partial charge in [0, 0.05) is 12.1 Å². The molecule has 3 nitrogen and oxygen atoms in total. The lowest BCUT2D eigenvalue weighted by Crippen LogP contribution is -2.40. The molecule has 98 valence electrons. The molecular formula is C14H27N3. The van der Waals surface area contributed by atoms with E-state index in [-0.39, 0.29) is 6.17 Å². The summed E-state index contributed by atoms with van der Waals surface area (Å²) in [7, 11) is 2.26. The Balaban J connectivity index is 1.72. The van der Waals surface area contributed by atoms with E-state index in [2.05, 4.69) is 17.3 Å². The van der Waals surface area contributed by atoms with Crippen LogP contribution < -0.4 is 11.1 Å². The first-order chi connectivity index (χ1) is 8.25. The predicted molar refractivity (Wildman–Crippen MR) is 70.8 cm³/mol. The highest BCUT2D eigenvalue weighted by Gasteiger charge is 2.22. The second-order valence-corrected chi connectivity index (χ2v) is 5.87. The molecule has 2 heterocycles. The van der Waals surface area contributed by atoms with Gasteiger partial charge >= 0.3 is 0 Å². The van der Waals surface area contributed by atoms with Gasteiger partial charge in [0.25, 0.3) is 0 Å². The largest absolute Gasteiger partial charge is 0.303 e. The van der Waals surface area contributed by atoms with E-state index in [0.717, 1.165) is 12.5 Å². The van der Waals surface area contributed by atoms with E-state index < -0.39 is 0 Å². The Labute approximate surface area is 106 Å². The molecule has 3 atom stereocenters. The number of nitrogens with zero attached hydrogens (tertiary/aromatic N) is 2. The third kappa shape index (κ3) is 4.23. The molecule has 0 aromatic rings. The molecule has 3 heteroatoms. The van der Waals surface area contributed by atoms with Crippen molar-refractivity contribution in [2.45, 2.75) is 76.0 Å². The number of nitrogens with one attached hydrogen (secondary N) is 1. The van der Waals surface area contributed by atoms with E-state index in [0.29, 0.717) is 6.04 Å². The molecule has 0 bridgehead atoms. The zero-order valence-corrected chi connectivity index (χ0v) is 11.2. The fourth-order valence-electron chi connectivity index (χ4n) is 3.30. The highest BCUT2D eigenvalue weighted by Crippen LogP contribution is 2.22. The van der Waals surface area contributed by atoms with Crippen molar-refractivity contribution in [3.63, 3.8) is 0 Å². The second kappa shape index (κ2) is 6.72. The van der Waals surface area contributed by atoms with E-state index in [4.69, 9.17) is 0 Å². The minimum Gasteiger partial charge on any atom is -0.303 e. The molecule has 0 spiro atoms. The summed E-state index contributed by atoms with van der Waals surface area (Å²) in [6.45, 7) is 1.27. The topological polar surface area (TPSA) is 37.6 Å². The summed E-state index contributed by atoms with van der Waals surface area (Å²) in [4.78, 5) is 2.52. The number of piperidine rings is 1. The van der Waals surface area contributed by atoms with Gasteiger partial charge in [0.05, 0.1) is 6.17 Å². The molecule has 1 N–H and O–H groups in total. The molecular weight excluding hydrogens is 210 g/mol. The lowest BCUT2D eigenvalue weighted by molar-refractivity contribution is 0.168. The Morgan fingerprint density at radius 1 is 1.06 bits per heavy atom. The molecule has 0 saturated carbocycles. The number of rotatable bonds is 3. The van der Waals surface area contributed by atoms with E-state index >= 15 is 0 Å². The van der Waals surface area contributed by atoms with Gasteiger partial charge in [-0.15, -0.1) is 5.73 Å². The van der Waals surface area contributed by atoms with Crippen LogP contribution in [-0.4, -0.2) is 36.7 Å². The SMILES string of the molecule is CN1CCCCC1CCC1CCCCC([N])N1. The van der Waals surface area contributed by atoms with Crippen LogP contribution in [0.15, 0.2) is 0 Å². The fraction of sp³-hybridized carbons (Fsp3) is 1.00. The maximum atomic E-state index is 9.73. The van der Waals surface area contributed by atoms with Gasteiger partial charge in [0.15, 0.2) is 0 Å². The van der Waals surface area contributed by atoms with Crippen LogP contribution in [0.1, 0.15) is 57.8 Å². The average Bonchev–Trinajstić information content (AvgIpc) is 2.53. The summed E-state index contributed by atoms with van der Waals surface area (Å²) in [5.41, 5.74) is 9.73. The Morgan fingerprint density at radius 3 is 2.65 bits per heavy atom. The van der Waals surface area contributed by atoms with Crippen molar-refractivity contribution in [1.29, 1.82) is 0 Å². The maximum absolute atomic E-state index is 9.73. The van der Waals surface area contributed by atoms with Crippen molar-refractivity contribution in [2.75, 3.05) is 13.6 Å². The molecule has 2 radical (unpaired) electrons. The zero-order chi connectivity index (χ0) is 12.1. The molecule has 3 unspecified atom stereocenters. The first-order valence-corrected chi connectivity index (χ1v) is 7.40. The summed E-state index contributed by atoms with van der Waals surface area (Å²) in [6.07, 6.45) is 11.0. The maximum Gasteiger partial charge on any atom is 0.0928 e. The van der Waals surface area contributed by atoms with E-state index in [1.165, 1.54) is 57.9 Å². The summed E-state index contributed by atoms with van der Waals surface area (Å²) < 4.78 is 0. The normalized spacial score (nSPS) is 36.7. The fourth-order valence-corrected chi connectivity index (χ4v) is 3.30. The highest BCUT2D eigenvalue weighted by molar-refractivity contribution is 4.80. The van der Waals surface area contributed by atoms with Crippen molar-refractivity contribution in [1.82, 2.24) is 16.0 Å². The lowest BCUT2D eigenvalue weighted by Gasteiger charge is -2.33. The minimum atomic E-state index is -0.258. The van der Waals surface area contributed by atoms with Crippen LogP contribution in [-0.2, 0) is 0 Å². The molecule has 17 heavy (non-hydrogen) atoms. The van der Waals surface area contributed by atoms with Crippen molar-refractivity contribution in [3.8, 4) is 0 Å². The zero-order valence-electron chi connectivity index (χ0n) is 11.2. The molecule has 0 aromatic heterocycles. The van der Waals surface area contributed by atoms with E-state index in [1.807, 2.05) is 0 Å². The van der Waals surface area contributed by atoms with Crippen LogP contribution in [0.25, 0.3) is 0 Å². The van der Waals surface area contributed by atoms with Gasteiger partial charge in [-0.25, -0.2) is 0 Å². The molecule has 0 amide bonds. The van der Waals surface area contributed by atoms with Crippen LogP contribution in [0.4, 0.5) is 0 Å². The predicted octanol–water partition coefficient (Wildman–Crippen LogP) is 2.18.